The van der Waals surface area contributed by atoms with Gasteiger partial charge in [-0.1, -0.05) is 12.1 Å². The zero-order valence-electron chi connectivity index (χ0n) is 14.1. The van der Waals surface area contributed by atoms with E-state index in [1.807, 2.05) is 18.2 Å². The van der Waals surface area contributed by atoms with Gasteiger partial charge in [-0.2, -0.15) is 0 Å². The Kier molecular flexibility index (Phi) is 4.50. The molecule has 1 saturated heterocycles. The fraction of sp³-hybridized carbons (Fsp3) is 0.500. The van der Waals surface area contributed by atoms with Crippen LogP contribution < -0.4 is 21.7 Å². The fourth-order valence-electron chi connectivity index (χ4n) is 3.89. The first kappa shape index (κ1) is 16.2. The molecule has 3 unspecified atom stereocenters. The molecule has 3 N–H and O–H groups in total. The lowest BCUT2D eigenvalue weighted by Crippen LogP contribution is -2.45. The number of amides is 1. The number of hydrogen-bond acceptors (Lipinski definition) is 5. The van der Waals surface area contributed by atoms with E-state index in [2.05, 4.69) is 21.2 Å². The Hall–Kier alpha value is -2.25. The number of para-hydroxylation sites is 1. The number of nitrogens with zero attached hydrogens (tertiary/aromatic N) is 2. The highest BCUT2D eigenvalue weighted by molar-refractivity contribution is 5.77. The summed E-state index contributed by atoms with van der Waals surface area (Å²) in [5, 5.41) is 3.70. The van der Waals surface area contributed by atoms with Crippen LogP contribution in [0.3, 0.4) is 0 Å². The molecule has 0 bridgehead atoms. The minimum atomic E-state index is -0.0971. The second kappa shape index (κ2) is 6.93. The monoisotopic (exact) mass is 341 g/mol. The van der Waals surface area contributed by atoms with Gasteiger partial charge in [0, 0.05) is 31.6 Å². The molecule has 25 heavy (non-hydrogen) atoms. The molecule has 132 valence electrons. The Bertz CT molecular complexity index is 834. The van der Waals surface area contributed by atoms with Crippen LogP contribution in [0.25, 0.3) is 10.9 Å². The Balaban J connectivity index is 1.34. The van der Waals surface area contributed by atoms with Crippen LogP contribution in [0, 0.1) is 5.92 Å². The summed E-state index contributed by atoms with van der Waals surface area (Å²) in [4.78, 5) is 29.0. The molecule has 4 rings (SSSR count). The standard InChI is InChI=1S/C18H23N5O2/c24-17(21-13-6-5-12-10-20-22-16(12)9-13)7-8-23-11-19-15-4-2-1-3-14(15)18(23)25/h1-4,11-13,16,20,22H,5-10H2,(H,21,24). The average Bonchev–Trinajstić information content (AvgIpc) is 3.09. The van der Waals surface area contributed by atoms with E-state index in [4.69, 9.17) is 0 Å². The Morgan fingerprint density at radius 3 is 3.12 bits per heavy atom. The van der Waals surface area contributed by atoms with Gasteiger partial charge in [0.1, 0.15) is 0 Å². The third-order valence-corrected chi connectivity index (χ3v) is 5.32. The summed E-state index contributed by atoms with van der Waals surface area (Å²) in [6, 6.07) is 7.93. The van der Waals surface area contributed by atoms with Gasteiger partial charge in [0.2, 0.25) is 5.91 Å². The Morgan fingerprint density at radius 2 is 2.20 bits per heavy atom. The van der Waals surface area contributed by atoms with E-state index in [0.29, 0.717) is 29.4 Å². The van der Waals surface area contributed by atoms with Crippen molar-refractivity contribution < 1.29 is 4.79 Å². The Labute approximate surface area is 145 Å². The van der Waals surface area contributed by atoms with Crippen molar-refractivity contribution in [1.82, 2.24) is 25.7 Å². The summed E-state index contributed by atoms with van der Waals surface area (Å²) < 4.78 is 1.52. The van der Waals surface area contributed by atoms with Crippen molar-refractivity contribution in [2.24, 2.45) is 5.92 Å². The molecule has 1 amide bonds. The number of benzene rings is 1. The third kappa shape index (κ3) is 3.43. The molecule has 2 aromatic rings. The molecule has 3 atom stereocenters. The first-order valence-electron chi connectivity index (χ1n) is 8.92. The van der Waals surface area contributed by atoms with E-state index < -0.39 is 0 Å². The van der Waals surface area contributed by atoms with Gasteiger partial charge in [-0.05, 0) is 37.3 Å². The molecule has 1 aliphatic heterocycles. The van der Waals surface area contributed by atoms with E-state index in [9.17, 15) is 9.59 Å². The second-order valence-electron chi connectivity index (χ2n) is 6.98. The summed E-state index contributed by atoms with van der Waals surface area (Å²) in [6.07, 6.45) is 4.92. The van der Waals surface area contributed by atoms with Crippen LogP contribution in [0.4, 0.5) is 0 Å². The molecule has 0 spiro atoms. The van der Waals surface area contributed by atoms with Gasteiger partial charge >= 0.3 is 0 Å². The highest BCUT2D eigenvalue weighted by Crippen LogP contribution is 2.26. The predicted octanol–water partition coefficient (Wildman–Crippen LogP) is 0.548. The van der Waals surface area contributed by atoms with Crippen molar-refractivity contribution in [2.75, 3.05) is 6.54 Å². The normalized spacial score (nSPS) is 25.7. The Morgan fingerprint density at radius 1 is 1.32 bits per heavy atom. The molecule has 1 aromatic heterocycles. The van der Waals surface area contributed by atoms with Gasteiger partial charge in [-0.25, -0.2) is 4.98 Å². The van der Waals surface area contributed by atoms with Crippen molar-refractivity contribution in [1.29, 1.82) is 0 Å². The van der Waals surface area contributed by atoms with Crippen LogP contribution in [-0.4, -0.2) is 34.1 Å². The molecule has 0 radical (unpaired) electrons. The zero-order chi connectivity index (χ0) is 17.2. The lowest BCUT2D eigenvalue weighted by Gasteiger charge is -2.31. The number of hydrogen-bond donors (Lipinski definition) is 3. The second-order valence-corrected chi connectivity index (χ2v) is 6.98. The number of nitrogens with one attached hydrogen (secondary N) is 3. The largest absolute Gasteiger partial charge is 0.353 e. The molecule has 2 heterocycles. The summed E-state index contributed by atoms with van der Waals surface area (Å²) >= 11 is 0. The molecule has 1 aliphatic carbocycles. The minimum Gasteiger partial charge on any atom is -0.353 e. The van der Waals surface area contributed by atoms with Crippen molar-refractivity contribution >= 4 is 16.8 Å². The van der Waals surface area contributed by atoms with Crippen molar-refractivity contribution in [3.8, 4) is 0 Å². The van der Waals surface area contributed by atoms with Gasteiger partial charge < -0.3 is 5.32 Å². The van der Waals surface area contributed by atoms with E-state index in [0.717, 1.165) is 25.8 Å². The number of rotatable bonds is 4. The van der Waals surface area contributed by atoms with Crippen LogP contribution >= 0.6 is 0 Å². The minimum absolute atomic E-state index is 0.00513. The summed E-state index contributed by atoms with van der Waals surface area (Å²) in [6.45, 7) is 1.37. The van der Waals surface area contributed by atoms with Gasteiger partial charge in [0.15, 0.2) is 0 Å². The molecule has 2 fully saturated rings. The van der Waals surface area contributed by atoms with Crippen LogP contribution in [0.15, 0.2) is 35.4 Å². The maximum atomic E-state index is 12.4. The number of carbonyl (C=O) groups excluding carboxylic acids is 1. The lowest BCUT2D eigenvalue weighted by atomic mass is 9.83. The molecule has 7 heteroatoms. The zero-order valence-corrected chi connectivity index (χ0v) is 14.1. The van der Waals surface area contributed by atoms with E-state index in [1.165, 1.54) is 10.9 Å². The molecule has 1 aromatic carbocycles. The van der Waals surface area contributed by atoms with Gasteiger partial charge in [-0.3, -0.25) is 25.0 Å². The molecule has 7 nitrogen and oxygen atoms in total. The van der Waals surface area contributed by atoms with Gasteiger partial charge in [0.05, 0.1) is 17.2 Å². The quantitative estimate of drug-likeness (QED) is 0.756. The maximum Gasteiger partial charge on any atom is 0.261 e. The summed E-state index contributed by atoms with van der Waals surface area (Å²) in [5.74, 6) is 0.671. The van der Waals surface area contributed by atoms with Crippen LogP contribution in [0.2, 0.25) is 0 Å². The molecule has 2 aliphatic rings. The van der Waals surface area contributed by atoms with Crippen molar-refractivity contribution in [3.63, 3.8) is 0 Å². The average molecular weight is 341 g/mol. The predicted molar refractivity (Wildman–Crippen MR) is 94.8 cm³/mol. The highest BCUT2D eigenvalue weighted by atomic mass is 16.2. The summed E-state index contributed by atoms with van der Waals surface area (Å²) in [5.41, 5.74) is 7.07. The number of fused-ring (bicyclic) bond motifs is 2. The fourth-order valence-corrected chi connectivity index (χ4v) is 3.89. The van der Waals surface area contributed by atoms with Crippen LogP contribution in [0.1, 0.15) is 25.7 Å². The van der Waals surface area contributed by atoms with Crippen molar-refractivity contribution in [3.05, 3.63) is 40.9 Å². The molecular weight excluding hydrogens is 318 g/mol. The van der Waals surface area contributed by atoms with Crippen LogP contribution in [-0.2, 0) is 11.3 Å². The number of carbonyl (C=O) groups is 1. The maximum absolute atomic E-state index is 12.4. The van der Waals surface area contributed by atoms with E-state index in [-0.39, 0.29) is 23.9 Å². The number of hydrazine groups is 1. The highest BCUT2D eigenvalue weighted by Gasteiger charge is 2.34. The van der Waals surface area contributed by atoms with Crippen LogP contribution in [0.5, 0.6) is 0 Å². The van der Waals surface area contributed by atoms with Gasteiger partial charge in [0.25, 0.3) is 5.56 Å². The smallest absolute Gasteiger partial charge is 0.261 e. The first-order valence-corrected chi connectivity index (χ1v) is 8.92. The number of aromatic nitrogens is 2. The summed E-state index contributed by atoms with van der Waals surface area (Å²) in [7, 11) is 0. The third-order valence-electron chi connectivity index (χ3n) is 5.32. The lowest BCUT2D eigenvalue weighted by molar-refractivity contribution is -0.122. The SMILES string of the molecule is O=C(CCn1cnc2ccccc2c1=O)NC1CCC2CNNC2C1. The molecule has 1 saturated carbocycles. The first-order chi connectivity index (χ1) is 12.2. The number of aryl methyl sites for hydroxylation is 1. The molecular formula is C18H23N5O2. The van der Waals surface area contributed by atoms with E-state index >= 15 is 0 Å². The van der Waals surface area contributed by atoms with Gasteiger partial charge in [-0.15, -0.1) is 0 Å². The van der Waals surface area contributed by atoms with E-state index in [1.54, 1.807) is 6.07 Å². The topological polar surface area (TPSA) is 88.0 Å². The van der Waals surface area contributed by atoms with Crippen molar-refractivity contribution in [2.45, 2.75) is 44.3 Å².